The van der Waals surface area contributed by atoms with E-state index in [-0.39, 0.29) is 0 Å². The molecule has 160 valence electrons. The van der Waals surface area contributed by atoms with Gasteiger partial charge in [-0.2, -0.15) is 0 Å². The highest BCUT2D eigenvalue weighted by Gasteiger charge is 2.06. The van der Waals surface area contributed by atoms with Gasteiger partial charge in [0.1, 0.15) is 5.75 Å². The number of unbranched alkanes of at least 4 members (excludes halogenated alkanes) is 10. The van der Waals surface area contributed by atoms with Gasteiger partial charge < -0.3 is 5.11 Å². The zero-order valence-electron chi connectivity index (χ0n) is 18.9. The van der Waals surface area contributed by atoms with Crippen molar-refractivity contribution in [3.05, 3.63) is 53.6 Å². The van der Waals surface area contributed by atoms with Gasteiger partial charge in [0.15, 0.2) is 0 Å². The fourth-order valence-electron chi connectivity index (χ4n) is 4.05. The second-order valence-electron chi connectivity index (χ2n) is 8.58. The number of hydrogen-bond donors (Lipinski definition) is 1. The summed E-state index contributed by atoms with van der Waals surface area (Å²) in [5.74, 6) is 0.414. The van der Waals surface area contributed by atoms with Crippen LogP contribution < -0.4 is 0 Å². The van der Waals surface area contributed by atoms with Gasteiger partial charge in [-0.1, -0.05) is 114 Å². The number of aromatic hydroxyl groups is 1. The van der Waals surface area contributed by atoms with E-state index in [9.17, 15) is 5.11 Å². The van der Waals surface area contributed by atoms with Crippen LogP contribution in [-0.4, -0.2) is 5.11 Å². The van der Waals surface area contributed by atoms with Crippen LogP contribution in [-0.2, 0) is 12.8 Å². The molecule has 0 atom stereocenters. The summed E-state index contributed by atoms with van der Waals surface area (Å²) < 4.78 is 0. The van der Waals surface area contributed by atoms with Gasteiger partial charge in [-0.25, -0.2) is 0 Å². The maximum atomic E-state index is 10.5. The van der Waals surface area contributed by atoms with Gasteiger partial charge in [0.25, 0.3) is 0 Å². The molecule has 29 heavy (non-hydrogen) atoms. The highest BCUT2D eigenvalue weighted by Crippen LogP contribution is 2.31. The molecule has 1 heteroatoms. The topological polar surface area (TPSA) is 20.2 Å². The van der Waals surface area contributed by atoms with Crippen LogP contribution in [0.4, 0.5) is 0 Å². The Labute approximate surface area is 179 Å². The first kappa shape index (κ1) is 23.5. The SMILES string of the molecule is CCCCCCCCc1ccc(-c2ccc(CCCCCCCC)cc2O)cc1. The van der Waals surface area contributed by atoms with Crippen molar-refractivity contribution in [2.24, 2.45) is 0 Å². The highest BCUT2D eigenvalue weighted by molar-refractivity contribution is 5.70. The standard InChI is InChI=1S/C28H42O/c1-3-5-7-9-11-13-15-24-17-20-26(21-18-24)27-22-19-25(23-28(27)29)16-14-12-10-8-6-4-2/h17-23,29H,3-16H2,1-2H3. The Hall–Kier alpha value is -1.76. The van der Waals surface area contributed by atoms with Crippen LogP contribution in [0.15, 0.2) is 42.5 Å². The van der Waals surface area contributed by atoms with Crippen LogP contribution in [0.1, 0.15) is 102 Å². The van der Waals surface area contributed by atoms with Crippen molar-refractivity contribution >= 4 is 0 Å². The molecular weight excluding hydrogens is 352 g/mol. The third-order valence-electron chi connectivity index (χ3n) is 5.97. The first-order valence-electron chi connectivity index (χ1n) is 12.2. The van der Waals surface area contributed by atoms with E-state index < -0.39 is 0 Å². The maximum absolute atomic E-state index is 10.5. The van der Waals surface area contributed by atoms with E-state index in [0.29, 0.717) is 5.75 Å². The van der Waals surface area contributed by atoms with E-state index >= 15 is 0 Å². The summed E-state index contributed by atoms with van der Waals surface area (Å²) in [6.07, 6.45) is 18.1. The summed E-state index contributed by atoms with van der Waals surface area (Å²) in [6.45, 7) is 4.52. The van der Waals surface area contributed by atoms with Crippen LogP contribution in [0.5, 0.6) is 5.75 Å². The highest BCUT2D eigenvalue weighted by atomic mass is 16.3. The minimum Gasteiger partial charge on any atom is -0.507 e. The predicted octanol–water partition coefficient (Wildman–Crippen LogP) is 8.87. The molecule has 0 fully saturated rings. The molecule has 2 aromatic rings. The van der Waals surface area contributed by atoms with Gasteiger partial charge in [0, 0.05) is 5.56 Å². The first-order chi connectivity index (χ1) is 14.2. The molecule has 1 N–H and O–H groups in total. The Kier molecular flexibility index (Phi) is 11.6. The molecule has 0 aliphatic carbocycles. The van der Waals surface area contributed by atoms with E-state index in [2.05, 4.69) is 50.2 Å². The number of phenols is 1. The fraction of sp³-hybridized carbons (Fsp3) is 0.571. The lowest BCUT2D eigenvalue weighted by molar-refractivity contribution is 0.476. The zero-order valence-corrected chi connectivity index (χ0v) is 18.9. The number of aryl methyl sites for hydroxylation is 2. The van der Waals surface area contributed by atoms with Crippen molar-refractivity contribution in [1.29, 1.82) is 0 Å². The minimum absolute atomic E-state index is 0.414. The molecule has 0 spiro atoms. The maximum Gasteiger partial charge on any atom is 0.123 e. The summed E-state index contributed by atoms with van der Waals surface area (Å²) in [7, 11) is 0. The lowest BCUT2D eigenvalue weighted by Crippen LogP contribution is -1.89. The van der Waals surface area contributed by atoms with E-state index in [0.717, 1.165) is 24.0 Å². The average molecular weight is 395 g/mol. The quantitative estimate of drug-likeness (QED) is 0.299. The normalized spacial score (nSPS) is 11.1. The zero-order chi connectivity index (χ0) is 20.7. The molecule has 0 saturated heterocycles. The largest absolute Gasteiger partial charge is 0.507 e. The van der Waals surface area contributed by atoms with Crippen LogP contribution in [0.3, 0.4) is 0 Å². The predicted molar refractivity (Wildman–Crippen MR) is 128 cm³/mol. The lowest BCUT2D eigenvalue weighted by Gasteiger charge is -2.09. The summed E-state index contributed by atoms with van der Waals surface area (Å²) >= 11 is 0. The molecule has 0 radical (unpaired) electrons. The van der Waals surface area contributed by atoms with Crippen LogP contribution >= 0.6 is 0 Å². The molecule has 0 amide bonds. The Morgan fingerprint density at radius 3 is 1.59 bits per heavy atom. The van der Waals surface area contributed by atoms with Crippen LogP contribution in [0, 0.1) is 0 Å². The average Bonchev–Trinajstić information content (AvgIpc) is 2.74. The van der Waals surface area contributed by atoms with Crippen molar-refractivity contribution < 1.29 is 5.11 Å². The number of rotatable bonds is 15. The number of hydrogen-bond acceptors (Lipinski definition) is 1. The van der Waals surface area contributed by atoms with Crippen molar-refractivity contribution in [3.63, 3.8) is 0 Å². The molecule has 0 heterocycles. The van der Waals surface area contributed by atoms with E-state index in [1.807, 2.05) is 6.07 Å². The van der Waals surface area contributed by atoms with Gasteiger partial charge in [-0.05, 0) is 48.4 Å². The second-order valence-corrected chi connectivity index (χ2v) is 8.58. The molecule has 0 aliphatic heterocycles. The van der Waals surface area contributed by atoms with Gasteiger partial charge >= 0.3 is 0 Å². The summed E-state index contributed by atoms with van der Waals surface area (Å²) in [6, 6.07) is 15.0. The van der Waals surface area contributed by atoms with E-state index in [1.165, 1.54) is 88.2 Å². The Morgan fingerprint density at radius 2 is 1.03 bits per heavy atom. The minimum atomic E-state index is 0.414. The Balaban J connectivity index is 1.79. The molecule has 1 nitrogen and oxygen atoms in total. The Morgan fingerprint density at radius 1 is 0.552 bits per heavy atom. The van der Waals surface area contributed by atoms with E-state index in [4.69, 9.17) is 0 Å². The van der Waals surface area contributed by atoms with Crippen LogP contribution in [0.2, 0.25) is 0 Å². The molecule has 0 unspecified atom stereocenters. The monoisotopic (exact) mass is 394 g/mol. The van der Waals surface area contributed by atoms with E-state index in [1.54, 1.807) is 0 Å². The van der Waals surface area contributed by atoms with Crippen molar-refractivity contribution in [2.45, 2.75) is 104 Å². The molecule has 2 aromatic carbocycles. The molecule has 2 rings (SSSR count). The van der Waals surface area contributed by atoms with Gasteiger partial charge in [0.2, 0.25) is 0 Å². The summed E-state index contributed by atoms with van der Waals surface area (Å²) in [4.78, 5) is 0. The summed E-state index contributed by atoms with van der Waals surface area (Å²) in [5, 5.41) is 10.5. The second kappa shape index (κ2) is 14.3. The Bertz CT molecular complexity index is 671. The van der Waals surface area contributed by atoms with Crippen molar-refractivity contribution in [1.82, 2.24) is 0 Å². The smallest absolute Gasteiger partial charge is 0.123 e. The third kappa shape index (κ3) is 9.07. The fourth-order valence-corrected chi connectivity index (χ4v) is 4.05. The molecule has 0 aliphatic rings. The van der Waals surface area contributed by atoms with Gasteiger partial charge in [-0.3, -0.25) is 0 Å². The van der Waals surface area contributed by atoms with Crippen LogP contribution in [0.25, 0.3) is 11.1 Å². The number of phenolic OH excluding ortho intramolecular Hbond substituents is 1. The lowest BCUT2D eigenvalue weighted by atomic mass is 9.98. The summed E-state index contributed by atoms with van der Waals surface area (Å²) in [5.41, 5.74) is 4.72. The molecule has 0 bridgehead atoms. The van der Waals surface area contributed by atoms with Gasteiger partial charge in [-0.15, -0.1) is 0 Å². The molecule has 0 aromatic heterocycles. The third-order valence-corrected chi connectivity index (χ3v) is 5.97. The van der Waals surface area contributed by atoms with Gasteiger partial charge in [0.05, 0.1) is 0 Å². The molecule has 0 saturated carbocycles. The molecular formula is C28H42O. The first-order valence-corrected chi connectivity index (χ1v) is 12.2. The van der Waals surface area contributed by atoms with Crippen molar-refractivity contribution in [2.75, 3.05) is 0 Å². The number of benzene rings is 2. The van der Waals surface area contributed by atoms with Crippen molar-refractivity contribution in [3.8, 4) is 16.9 Å².